The van der Waals surface area contributed by atoms with Crippen LogP contribution in [0.25, 0.3) is 0 Å². The molecule has 4 heteroatoms. The van der Waals surface area contributed by atoms with E-state index in [-0.39, 0.29) is 5.78 Å². The van der Waals surface area contributed by atoms with Gasteiger partial charge in [-0.25, -0.2) is 0 Å². The summed E-state index contributed by atoms with van der Waals surface area (Å²) in [6, 6.07) is 7.35. The Morgan fingerprint density at radius 2 is 1.81 bits per heavy atom. The van der Waals surface area contributed by atoms with Crippen molar-refractivity contribution < 1.29 is 9.21 Å². The number of nitrogens with zero attached hydrogens (tertiary/aromatic N) is 2. The first-order valence-corrected chi connectivity index (χ1v) is 10.4. The molecule has 0 aromatic carbocycles. The molecule has 0 aliphatic rings. The molecule has 0 spiro atoms. The van der Waals surface area contributed by atoms with E-state index in [1.54, 1.807) is 18.4 Å². The summed E-state index contributed by atoms with van der Waals surface area (Å²) >= 11 is 0. The van der Waals surface area contributed by atoms with E-state index in [9.17, 15) is 4.79 Å². The molecule has 0 saturated carbocycles. The maximum atomic E-state index is 12.7. The van der Waals surface area contributed by atoms with Crippen LogP contribution in [0.2, 0.25) is 0 Å². The van der Waals surface area contributed by atoms with E-state index in [2.05, 4.69) is 32.6 Å². The van der Waals surface area contributed by atoms with Crippen molar-refractivity contribution >= 4 is 5.78 Å². The van der Waals surface area contributed by atoms with Gasteiger partial charge in [0.05, 0.1) is 12.0 Å². The van der Waals surface area contributed by atoms with Crippen molar-refractivity contribution in [1.29, 1.82) is 0 Å². The van der Waals surface area contributed by atoms with Gasteiger partial charge < -0.3 is 9.32 Å². The zero-order valence-electron chi connectivity index (χ0n) is 17.3. The maximum Gasteiger partial charge on any atom is 0.229 e. The molecule has 0 bridgehead atoms. The fourth-order valence-corrected chi connectivity index (χ4v) is 3.30. The standard InChI is InChI=1S/C23H34N2O2/c1-5-25(6-2)16-10-8-7-9-12-21-19(14-15-20(24-21)18(3)4)23(26)22-13-11-17-27-22/h11,13-15,17-18H,5-10,12,16H2,1-4H3. The number of ketones is 1. The van der Waals surface area contributed by atoms with Crippen LogP contribution in [-0.4, -0.2) is 35.3 Å². The molecule has 4 nitrogen and oxygen atoms in total. The Balaban J connectivity index is 1.97. The number of hydrogen-bond acceptors (Lipinski definition) is 4. The Morgan fingerprint density at radius 3 is 2.44 bits per heavy atom. The van der Waals surface area contributed by atoms with Crippen molar-refractivity contribution in [3.8, 4) is 0 Å². The highest BCUT2D eigenvalue weighted by Crippen LogP contribution is 2.20. The van der Waals surface area contributed by atoms with Gasteiger partial charge in [0.15, 0.2) is 5.76 Å². The van der Waals surface area contributed by atoms with Gasteiger partial charge in [-0.15, -0.1) is 0 Å². The SMILES string of the molecule is CCN(CC)CCCCCCc1nc(C(C)C)ccc1C(=O)c1ccco1. The van der Waals surface area contributed by atoms with E-state index >= 15 is 0 Å². The zero-order chi connectivity index (χ0) is 19.6. The van der Waals surface area contributed by atoms with Crippen molar-refractivity contribution in [3.05, 3.63) is 53.2 Å². The summed E-state index contributed by atoms with van der Waals surface area (Å²) in [6.45, 7) is 12.1. The molecule has 0 unspecified atom stereocenters. The summed E-state index contributed by atoms with van der Waals surface area (Å²) in [5.41, 5.74) is 2.63. The molecule has 0 N–H and O–H groups in total. The van der Waals surface area contributed by atoms with Gasteiger partial charge in [0.2, 0.25) is 5.78 Å². The summed E-state index contributed by atoms with van der Waals surface area (Å²) < 4.78 is 5.30. The Bertz CT molecular complexity index is 688. The lowest BCUT2D eigenvalue weighted by Gasteiger charge is -2.17. The summed E-state index contributed by atoms with van der Waals surface area (Å²) in [5, 5.41) is 0. The van der Waals surface area contributed by atoms with Crippen LogP contribution in [0.5, 0.6) is 0 Å². The van der Waals surface area contributed by atoms with Gasteiger partial charge in [-0.3, -0.25) is 9.78 Å². The fourth-order valence-electron chi connectivity index (χ4n) is 3.30. The minimum absolute atomic E-state index is 0.0701. The van der Waals surface area contributed by atoms with Crippen molar-refractivity contribution in [3.63, 3.8) is 0 Å². The molecular formula is C23H34N2O2. The average molecular weight is 371 g/mol. The van der Waals surface area contributed by atoms with Crippen LogP contribution < -0.4 is 0 Å². The zero-order valence-corrected chi connectivity index (χ0v) is 17.3. The Hall–Kier alpha value is -1.94. The van der Waals surface area contributed by atoms with Crippen LogP contribution >= 0.6 is 0 Å². The molecule has 2 heterocycles. The van der Waals surface area contributed by atoms with Crippen LogP contribution in [-0.2, 0) is 6.42 Å². The monoisotopic (exact) mass is 370 g/mol. The number of hydrogen-bond donors (Lipinski definition) is 0. The molecule has 0 fully saturated rings. The van der Waals surface area contributed by atoms with Gasteiger partial charge in [-0.2, -0.15) is 0 Å². The van der Waals surface area contributed by atoms with Gasteiger partial charge in [0.1, 0.15) is 0 Å². The molecular weight excluding hydrogens is 336 g/mol. The fraction of sp³-hybridized carbons (Fsp3) is 0.565. The Labute approximate surface area is 164 Å². The van der Waals surface area contributed by atoms with Crippen LogP contribution in [0.3, 0.4) is 0 Å². The minimum Gasteiger partial charge on any atom is -0.461 e. The van der Waals surface area contributed by atoms with Gasteiger partial charge >= 0.3 is 0 Å². The van der Waals surface area contributed by atoms with Crippen molar-refractivity contribution in [1.82, 2.24) is 9.88 Å². The second-order valence-electron chi connectivity index (χ2n) is 7.38. The molecule has 0 aliphatic heterocycles. The summed E-state index contributed by atoms with van der Waals surface area (Å²) in [4.78, 5) is 20.0. The first-order chi connectivity index (χ1) is 13.1. The predicted molar refractivity (Wildman–Crippen MR) is 110 cm³/mol. The summed E-state index contributed by atoms with van der Waals surface area (Å²) in [6.07, 6.45) is 7.07. The Kier molecular flexibility index (Phi) is 8.73. The number of aryl methyl sites for hydroxylation is 1. The molecule has 0 saturated heterocycles. The molecule has 0 radical (unpaired) electrons. The molecule has 148 valence electrons. The van der Waals surface area contributed by atoms with Gasteiger partial charge in [-0.1, -0.05) is 40.5 Å². The van der Waals surface area contributed by atoms with E-state index < -0.39 is 0 Å². The van der Waals surface area contributed by atoms with E-state index in [4.69, 9.17) is 9.40 Å². The lowest BCUT2D eigenvalue weighted by Crippen LogP contribution is -2.23. The summed E-state index contributed by atoms with van der Waals surface area (Å²) in [5.74, 6) is 0.666. The van der Waals surface area contributed by atoms with Crippen molar-refractivity contribution in [2.75, 3.05) is 19.6 Å². The topological polar surface area (TPSA) is 46.3 Å². The molecule has 2 aromatic heterocycles. The number of pyridine rings is 1. The molecule has 2 rings (SSSR count). The first-order valence-electron chi connectivity index (χ1n) is 10.4. The Morgan fingerprint density at radius 1 is 1.07 bits per heavy atom. The number of rotatable bonds is 12. The highest BCUT2D eigenvalue weighted by atomic mass is 16.3. The third-order valence-corrected chi connectivity index (χ3v) is 5.11. The lowest BCUT2D eigenvalue weighted by molar-refractivity contribution is 0.101. The van der Waals surface area contributed by atoms with Crippen LogP contribution in [0.15, 0.2) is 34.9 Å². The van der Waals surface area contributed by atoms with Gasteiger partial charge in [0.25, 0.3) is 0 Å². The third kappa shape index (κ3) is 6.31. The van der Waals surface area contributed by atoms with Crippen molar-refractivity contribution in [2.24, 2.45) is 0 Å². The van der Waals surface area contributed by atoms with Crippen LogP contribution in [0, 0.1) is 0 Å². The largest absolute Gasteiger partial charge is 0.461 e. The van der Waals surface area contributed by atoms with Crippen LogP contribution in [0.1, 0.15) is 86.8 Å². The summed E-state index contributed by atoms with van der Waals surface area (Å²) in [7, 11) is 0. The normalized spacial score (nSPS) is 11.5. The molecule has 2 aromatic rings. The van der Waals surface area contributed by atoms with E-state index in [1.165, 1.54) is 25.8 Å². The second-order valence-corrected chi connectivity index (χ2v) is 7.38. The van der Waals surface area contributed by atoms with Crippen LogP contribution in [0.4, 0.5) is 0 Å². The van der Waals surface area contributed by atoms with Gasteiger partial charge in [-0.05, 0) is 69.1 Å². The highest BCUT2D eigenvalue weighted by molar-refractivity contribution is 6.07. The van der Waals surface area contributed by atoms with E-state index in [1.807, 2.05) is 12.1 Å². The average Bonchev–Trinajstić information content (AvgIpc) is 3.21. The number of aromatic nitrogens is 1. The van der Waals surface area contributed by atoms with Gasteiger partial charge in [0, 0.05) is 11.3 Å². The third-order valence-electron chi connectivity index (χ3n) is 5.11. The number of carbonyl (C=O) groups is 1. The quantitative estimate of drug-likeness (QED) is 0.367. The van der Waals surface area contributed by atoms with E-state index in [0.29, 0.717) is 17.2 Å². The smallest absolute Gasteiger partial charge is 0.229 e. The van der Waals surface area contributed by atoms with E-state index in [0.717, 1.165) is 37.3 Å². The number of carbonyl (C=O) groups excluding carboxylic acids is 1. The molecule has 0 amide bonds. The predicted octanol–water partition coefficient (Wildman–Crippen LogP) is 5.47. The number of furan rings is 1. The lowest BCUT2D eigenvalue weighted by atomic mass is 9.99. The second kappa shape index (κ2) is 11.0. The number of unbranched alkanes of at least 4 members (excludes halogenated alkanes) is 3. The van der Waals surface area contributed by atoms with Crippen molar-refractivity contribution in [2.45, 2.75) is 65.7 Å². The molecule has 0 aliphatic carbocycles. The highest BCUT2D eigenvalue weighted by Gasteiger charge is 2.18. The first kappa shape index (κ1) is 21.4. The molecule has 27 heavy (non-hydrogen) atoms. The maximum absolute atomic E-state index is 12.7. The molecule has 0 atom stereocenters. The minimum atomic E-state index is -0.0701.